The number of benzene rings is 1. The summed E-state index contributed by atoms with van der Waals surface area (Å²) in [6.45, 7) is 0.289. The number of hydrogen-bond donors (Lipinski definition) is 1. The van der Waals surface area contributed by atoms with Gasteiger partial charge in [0.05, 0.1) is 0 Å². The van der Waals surface area contributed by atoms with Crippen molar-refractivity contribution in [2.75, 3.05) is 12.4 Å². The molecular weight excluding hydrogens is 180 g/mol. The number of rotatable bonds is 1. The van der Waals surface area contributed by atoms with Crippen LogP contribution in [-0.4, -0.2) is 17.5 Å². The Bertz CT molecular complexity index is 285. The van der Waals surface area contributed by atoms with Crippen LogP contribution in [0.5, 0.6) is 0 Å². The molecule has 1 aliphatic rings. The van der Waals surface area contributed by atoms with Crippen molar-refractivity contribution in [1.29, 1.82) is 0 Å². The maximum absolute atomic E-state index is 9.25. The maximum Gasteiger partial charge on any atom is 0.0500 e. The molecule has 1 aromatic rings. The van der Waals surface area contributed by atoms with E-state index < -0.39 is 0 Å². The number of aliphatic hydroxyl groups excluding tert-OH is 1. The zero-order chi connectivity index (χ0) is 9.10. The smallest absolute Gasteiger partial charge is 0.0500 e. The molecule has 0 amide bonds. The molecular formula is C11H14OS. The van der Waals surface area contributed by atoms with Crippen LogP contribution in [0.25, 0.3) is 0 Å². The second-order valence-corrected chi connectivity index (χ2v) is 4.54. The quantitative estimate of drug-likeness (QED) is 0.741. The van der Waals surface area contributed by atoms with Gasteiger partial charge in [-0.1, -0.05) is 18.2 Å². The van der Waals surface area contributed by atoms with Crippen LogP contribution in [-0.2, 0) is 0 Å². The molecule has 1 atom stereocenters. The standard InChI is InChI=1S/C11H14OS/c12-8-9-4-3-7-13-11-6-2-1-5-10(9)11/h1-2,5-6,9,12H,3-4,7-8H2. The van der Waals surface area contributed by atoms with E-state index in [4.69, 9.17) is 0 Å². The minimum Gasteiger partial charge on any atom is -0.396 e. The second-order valence-electron chi connectivity index (χ2n) is 3.41. The average Bonchev–Trinajstić information content (AvgIpc) is 2.39. The van der Waals surface area contributed by atoms with Crippen LogP contribution in [0.3, 0.4) is 0 Å². The topological polar surface area (TPSA) is 20.2 Å². The summed E-state index contributed by atoms with van der Waals surface area (Å²) in [4.78, 5) is 1.36. The molecule has 0 fully saturated rings. The van der Waals surface area contributed by atoms with Crippen molar-refractivity contribution >= 4 is 11.8 Å². The predicted octanol–water partition coefficient (Wildman–Crippen LogP) is 2.65. The molecule has 0 saturated carbocycles. The van der Waals surface area contributed by atoms with Crippen LogP contribution < -0.4 is 0 Å². The highest BCUT2D eigenvalue weighted by Crippen LogP contribution is 2.35. The minimum atomic E-state index is 0.289. The molecule has 2 heteroatoms. The minimum absolute atomic E-state index is 0.289. The van der Waals surface area contributed by atoms with Crippen LogP contribution >= 0.6 is 11.8 Å². The summed E-state index contributed by atoms with van der Waals surface area (Å²) in [5.41, 5.74) is 1.34. The zero-order valence-electron chi connectivity index (χ0n) is 7.57. The number of hydrogen-bond acceptors (Lipinski definition) is 2. The molecule has 2 rings (SSSR count). The highest BCUT2D eigenvalue weighted by molar-refractivity contribution is 7.99. The monoisotopic (exact) mass is 194 g/mol. The normalized spacial score (nSPS) is 22.1. The zero-order valence-corrected chi connectivity index (χ0v) is 8.39. The molecule has 1 N–H and O–H groups in total. The van der Waals surface area contributed by atoms with Crippen LogP contribution in [0, 0.1) is 0 Å². The Morgan fingerprint density at radius 3 is 3.08 bits per heavy atom. The summed E-state index contributed by atoms with van der Waals surface area (Å²) in [5.74, 6) is 1.55. The van der Waals surface area contributed by atoms with Crippen molar-refractivity contribution < 1.29 is 5.11 Å². The Balaban J connectivity index is 2.35. The van der Waals surface area contributed by atoms with Gasteiger partial charge < -0.3 is 5.11 Å². The molecule has 1 heterocycles. The highest BCUT2D eigenvalue weighted by atomic mass is 32.2. The Kier molecular flexibility index (Phi) is 2.91. The first kappa shape index (κ1) is 9.10. The molecule has 1 nitrogen and oxygen atoms in total. The van der Waals surface area contributed by atoms with E-state index in [1.165, 1.54) is 22.6 Å². The van der Waals surface area contributed by atoms with Gasteiger partial charge in [-0.2, -0.15) is 0 Å². The van der Waals surface area contributed by atoms with E-state index in [-0.39, 0.29) is 6.61 Å². The summed E-state index contributed by atoms with van der Waals surface area (Å²) in [7, 11) is 0. The molecule has 1 aliphatic heterocycles. The average molecular weight is 194 g/mol. The fourth-order valence-electron chi connectivity index (χ4n) is 1.81. The summed E-state index contributed by atoms with van der Waals surface area (Å²) in [6.07, 6.45) is 2.34. The van der Waals surface area contributed by atoms with Crippen molar-refractivity contribution in [2.45, 2.75) is 23.7 Å². The van der Waals surface area contributed by atoms with Crippen LogP contribution in [0.15, 0.2) is 29.2 Å². The van der Waals surface area contributed by atoms with Gasteiger partial charge in [-0.25, -0.2) is 0 Å². The molecule has 0 spiro atoms. The van der Waals surface area contributed by atoms with Gasteiger partial charge in [0.2, 0.25) is 0 Å². The van der Waals surface area contributed by atoms with Gasteiger partial charge in [-0.15, -0.1) is 11.8 Å². The van der Waals surface area contributed by atoms with E-state index in [1.807, 2.05) is 11.8 Å². The molecule has 0 aliphatic carbocycles. The SMILES string of the molecule is OCC1CCCSc2ccccc21. The van der Waals surface area contributed by atoms with E-state index in [0.717, 1.165) is 6.42 Å². The predicted molar refractivity (Wildman–Crippen MR) is 56.2 cm³/mol. The number of aliphatic hydroxyl groups is 1. The Hall–Kier alpha value is -0.470. The molecule has 0 radical (unpaired) electrons. The van der Waals surface area contributed by atoms with Crippen LogP contribution in [0.2, 0.25) is 0 Å². The first-order valence-electron chi connectivity index (χ1n) is 4.74. The maximum atomic E-state index is 9.25. The lowest BCUT2D eigenvalue weighted by atomic mass is 9.95. The largest absolute Gasteiger partial charge is 0.396 e. The van der Waals surface area contributed by atoms with Crippen molar-refractivity contribution in [1.82, 2.24) is 0 Å². The van der Waals surface area contributed by atoms with Crippen molar-refractivity contribution in [3.8, 4) is 0 Å². The molecule has 13 heavy (non-hydrogen) atoms. The Morgan fingerprint density at radius 2 is 2.23 bits per heavy atom. The lowest BCUT2D eigenvalue weighted by Gasteiger charge is -2.13. The molecule has 1 unspecified atom stereocenters. The lowest BCUT2D eigenvalue weighted by Crippen LogP contribution is -2.03. The number of fused-ring (bicyclic) bond motifs is 1. The van der Waals surface area contributed by atoms with E-state index >= 15 is 0 Å². The van der Waals surface area contributed by atoms with Crippen molar-refractivity contribution in [3.05, 3.63) is 29.8 Å². The van der Waals surface area contributed by atoms with Gasteiger partial charge in [0.25, 0.3) is 0 Å². The Labute approximate surface area is 83.2 Å². The first-order valence-corrected chi connectivity index (χ1v) is 5.73. The van der Waals surface area contributed by atoms with Crippen LogP contribution in [0.4, 0.5) is 0 Å². The molecule has 0 aromatic heterocycles. The van der Waals surface area contributed by atoms with E-state index in [0.29, 0.717) is 5.92 Å². The summed E-state index contributed by atoms with van der Waals surface area (Å²) >= 11 is 1.92. The third-order valence-electron chi connectivity index (χ3n) is 2.53. The second kappa shape index (κ2) is 4.16. The van der Waals surface area contributed by atoms with Gasteiger partial charge in [0.15, 0.2) is 0 Å². The molecule has 70 valence electrons. The van der Waals surface area contributed by atoms with Crippen LogP contribution in [0.1, 0.15) is 24.3 Å². The lowest BCUT2D eigenvalue weighted by molar-refractivity contribution is 0.258. The summed E-state index contributed by atoms with van der Waals surface area (Å²) < 4.78 is 0. The molecule has 1 aromatic carbocycles. The number of thioether (sulfide) groups is 1. The van der Waals surface area contributed by atoms with Crippen molar-refractivity contribution in [2.24, 2.45) is 0 Å². The fraction of sp³-hybridized carbons (Fsp3) is 0.455. The molecule has 0 bridgehead atoms. The van der Waals surface area contributed by atoms with Gasteiger partial charge >= 0.3 is 0 Å². The Morgan fingerprint density at radius 1 is 1.38 bits per heavy atom. The van der Waals surface area contributed by atoms with Gasteiger partial charge in [-0.3, -0.25) is 0 Å². The van der Waals surface area contributed by atoms with E-state index in [1.54, 1.807) is 0 Å². The van der Waals surface area contributed by atoms with Gasteiger partial charge in [0.1, 0.15) is 0 Å². The molecule has 0 saturated heterocycles. The first-order chi connectivity index (χ1) is 6.42. The van der Waals surface area contributed by atoms with Crippen molar-refractivity contribution in [3.63, 3.8) is 0 Å². The third kappa shape index (κ3) is 1.89. The van der Waals surface area contributed by atoms with Gasteiger partial charge in [-0.05, 0) is 30.2 Å². The van der Waals surface area contributed by atoms with Gasteiger partial charge in [0, 0.05) is 17.4 Å². The highest BCUT2D eigenvalue weighted by Gasteiger charge is 2.17. The third-order valence-corrected chi connectivity index (χ3v) is 3.71. The van der Waals surface area contributed by atoms with E-state index in [2.05, 4.69) is 24.3 Å². The summed E-state index contributed by atoms with van der Waals surface area (Å²) in [5, 5.41) is 9.25. The van der Waals surface area contributed by atoms with E-state index in [9.17, 15) is 5.11 Å². The summed E-state index contributed by atoms with van der Waals surface area (Å²) in [6, 6.07) is 8.45. The fourth-order valence-corrected chi connectivity index (χ4v) is 2.91.